The van der Waals surface area contributed by atoms with Crippen LogP contribution in [0.4, 0.5) is 8.78 Å². The van der Waals surface area contributed by atoms with Crippen LogP contribution < -0.4 is 4.74 Å². The van der Waals surface area contributed by atoms with E-state index >= 15 is 0 Å². The summed E-state index contributed by atoms with van der Waals surface area (Å²) in [6.07, 6.45) is 0.871. The van der Waals surface area contributed by atoms with Crippen molar-refractivity contribution in [3.05, 3.63) is 63.6 Å². The van der Waals surface area contributed by atoms with Gasteiger partial charge in [0.05, 0.1) is 11.1 Å². The largest absolute Gasteiger partial charge is 0.492 e. The van der Waals surface area contributed by atoms with Crippen molar-refractivity contribution in [1.29, 1.82) is 0 Å². The molecule has 2 nitrogen and oxygen atoms in total. The summed E-state index contributed by atoms with van der Waals surface area (Å²) in [4.78, 5) is 12.2. The maximum absolute atomic E-state index is 13.2. The lowest BCUT2D eigenvalue weighted by molar-refractivity contribution is 0.103. The van der Waals surface area contributed by atoms with Crippen molar-refractivity contribution in [3.8, 4) is 5.75 Å². The van der Waals surface area contributed by atoms with Gasteiger partial charge in [-0.25, -0.2) is 8.78 Å². The highest BCUT2D eigenvalue weighted by molar-refractivity contribution is 9.10. The van der Waals surface area contributed by atoms with Crippen LogP contribution in [0, 0.1) is 11.6 Å². The van der Waals surface area contributed by atoms with E-state index in [2.05, 4.69) is 15.9 Å². The third-order valence-corrected chi connectivity index (χ3v) is 3.40. The lowest BCUT2D eigenvalue weighted by atomic mass is 10.0. The molecule has 5 heteroatoms. The van der Waals surface area contributed by atoms with Crippen LogP contribution in [-0.2, 0) is 0 Å². The fraction of sp³-hybridized carbons (Fsp3) is 0.188. The minimum atomic E-state index is -0.777. The normalized spacial score (nSPS) is 10.5. The fourth-order valence-electron chi connectivity index (χ4n) is 1.82. The number of halogens is 3. The zero-order valence-corrected chi connectivity index (χ0v) is 12.9. The molecule has 0 amide bonds. The van der Waals surface area contributed by atoms with E-state index in [-0.39, 0.29) is 5.56 Å². The van der Waals surface area contributed by atoms with Crippen LogP contribution in [0.25, 0.3) is 0 Å². The van der Waals surface area contributed by atoms with E-state index in [0.29, 0.717) is 22.4 Å². The average molecular weight is 355 g/mol. The van der Waals surface area contributed by atoms with E-state index in [0.717, 1.165) is 24.6 Å². The van der Waals surface area contributed by atoms with Gasteiger partial charge in [-0.1, -0.05) is 6.92 Å². The summed E-state index contributed by atoms with van der Waals surface area (Å²) in [5, 5.41) is 0. The maximum Gasteiger partial charge on any atom is 0.193 e. The lowest BCUT2D eigenvalue weighted by Gasteiger charge is -2.08. The van der Waals surface area contributed by atoms with Crippen molar-refractivity contribution < 1.29 is 18.3 Å². The standard InChI is InChI=1S/C16H13BrF2O2/c1-2-5-21-15-4-3-10(8-14(15)17)16(20)11-6-12(18)9-13(19)7-11/h3-4,6-9H,2,5H2,1H3. The Hall–Kier alpha value is -1.75. The first kappa shape index (κ1) is 15.6. The molecule has 0 N–H and O–H groups in total. The first-order chi connectivity index (χ1) is 10.0. The maximum atomic E-state index is 13.2. The van der Waals surface area contributed by atoms with Crippen LogP contribution in [0.1, 0.15) is 29.3 Å². The third kappa shape index (κ3) is 3.88. The van der Waals surface area contributed by atoms with Gasteiger partial charge in [-0.15, -0.1) is 0 Å². The molecule has 0 aliphatic carbocycles. The van der Waals surface area contributed by atoms with Crippen LogP contribution in [0.3, 0.4) is 0 Å². The molecular weight excluding hydrogens is 342 g/mol. The number of hydrogen-bond acceptors (Lipinski definition) is 2. The first-order valence-electron chi connectivity index (χ1n) is 6.44. The summed E-state index contributed by atoms with van der Waals surface area (Å²) in [6, 6.07) is 7.57. The van der Waals surface area contributed by atoms with Gasteiger partial charge in [0, 0.05) is 17.2 Å². The molecule has 0 spiro atoms. The van der Waals surface area contributed by atoms with Crippen molar-refractivity contribution in [2.45, 2.75) is 13.3 Å². The fourth-order valence-corrected chi connectivity index (χ4v) is 2.32. The van der Waals surface area contributed by atoms with Crippen molar-refractivity contribution in [2.75, 3.05) is 6.61 Å². The van der Waals surface area contributed by atoms with E-state index in [1.54, 1.807) is 18.2 Å². The average Bonchev–Trinajstić information content (AvgIpc) is 2.44. The molecule has 2 rings (SSSR count). The quantitative estimate of drug-likeness (QED) is 0.724. The van der Waals surface area contributed by atoms with E-state index in [9.17, 15) is 13.6 Å². The Labute approximate surface area is 129 Å². The Kier molecular flexibility index (Phi) is 5.07. The first-order valence-corrected chi connectivity index (χ1v) is 7.23. The highest BCUT2D eigenvalue weighted by atomic mass is 79.9. The van der Waals surface area contributed by atoms with Gasteiger partial charge in [-0.05, 0) is 52.7 Å². The van der Waals surface area contributed by atoms with Gasteiger partial charge in [-0.3, -0.25) is 4.79 Å². The van der Waals surface area contributed by atoms with Gasteiger partial charge < -0.3 is 4.74 Å². The number of rotatable bonds is 5. The Morgan fingerprint density at radius 2 is 1.76 bits per heavy atom. The molecule has 2 aromatic rings. The molecule has 0 saturated heterocycles. The number of carbonyl (C=O) groups excluding carboxylic acids is 1. The molecule has 0 aromatic heterocycles. The second-order valence-electron chi connectivity index (χ2n) is 4.48. The van der Waals surface area contributed by atoms with Crippen molar-refractivity contribution in [3.63, 3.8) is 0 Å². The SMILES string of the molecule is CCCOc1ccc(C(=O)c2cc(F)cc(F)c2)cc1Br. The van der Waals surface area contributed by atoms with Crippen LogP contribution in [0.15, 0.2) is 40.9 Å². The summed E-state index contributed by atoms with van der Waals surface area (Å²) < 4.78 is 32.4. The van der Waals surface area contributed by atoms with E-state index in [4.69, 9.17) is 4.74 Å². The lowest BCUT2D eigenvalue weighted by Crippen LogP contribution is -2.03. The van der Waals surface area contributed by atoms with Gasteiger partial charge in [0.2, 0.25) is 0 Å². The van der Waals surface area contributed by atoms with Crippen LogP contribution in [0.5, 0.6) is 5.75 Å². The second kappa shape index (κ2) is 6.80. The zero-order chi connectivity index (χ0) is 15.4. The molecule has 0 unspecified atom stereocenters. The molecule has 21 heavy (non-hydrogen) atoms. The molecule has 2 aromatic carbocycles. The molecule has 0 aliphatic heterocycles. The van der Waals surface area contributed by atoms with Crippen molar-refractivity contribution >= 4 is 21.7 Å². The summed E-state index contributed by atoms with van der Waals surface area (Å²) in [5.74, 6) is -1.38. The summed E-state index contributed by atoms with van der Waals surface area (Å²) in [7, 11) is 0. The Morgan fingerprint density at radius 3 is 2.33 bits per heavy atom. The molecular formula is C16H13BrF2O2. The Bertz CT molecular complexity index is 651. The molecule has 0 atom stereocenters. The minimum absolute atomic E-state index is 0.0263. The Balaban J connectivity index is 2.29. The topological polar surface area (TPSA) is 26.3 Å². The van der Waals surface area contributed by atoms with Crippen LogP contribution in [-0.4, -0.2) is 12.4 Å². The van der Waals surface area contributed by atoms with Crippen LogP contribution >= 0.6 is 15.9 Å². The predicted octanol–water partition coefficient (Wildman–Crippen LogP) is 4.75. The van der Waals surface area contributed by atoms with Gasteiger partial charge in [-0.2, -0.15) is 0 Å². The molecule has 110 valence electrons. The van der Waals surface area contributed by atoms with Gasteiger partial charge in [0.25, 0.3) is 0 Å². The summed E-state index contributed by atoms with van der Waals surface area (Å²) in [5.41, 5.74) is 0.303. The van der Waals surface area contributed by atoms with Gasteiger partial charge in [0.1, 0.15) is 17.4 Å². The molecule has 0 bridgehead atoms. The number of carbonyl (C=O) groups is 1. The Morgan fingerprint density at radius 1 is 1.10 bits per heavy atom. The van der Waals surface area contributed by atoms with Crippen molar-refractivity contribution in [1.82, 2.24) is 0 Å². The zero-order valence-electron chi connectivity index (χ0n) is 11.3. The van der Waals surface area contributed by atoms with Gasteiger partial charge >= 0.3 is 0 Å². The highest BCUT2D eigenvalue weighted by Gasteiger charge is 2.13. The van der Waals surface area contributed by atoms with E-state index in [1.807, 2.05) is 6.92 Å². The third-order valence-electron chi connectivity index (χ3n) is 2.78. The van der Waals surface area contributed by atoms with E-state index in [1.165, 1.54) is 0 Å². The predicted molar refractivity (Wildman–Crippen MR) is 79.7 cm³/mol. The molecule has 0 heterocycles. The molecule has 0 saturated carbocycles. The number of hydrogen-bond donors (Lipinski definition) is 0. The smallest absolute Gasteiger partial charge is 0.193 e. The summed E-state index contributed by atoms with van der Waals surface area (Å²) >= 11 is 3.32. The minimum Gasteiger partial charge on any atom is -0.492 e. The summed E-state index contributed by atoms with van der Waals surface area (Å²) in [6.45, 7) is 2.56. The number of ketones is 1. The number of ether oxygens (including phenoxy) is 1. The molecule has 0 fully saturated rings. The van der Waals surface area contributed by atoms with Crippen LogP contribution in [0.2, 0.25) is 0 Å². The number of benzene rings is 2. The molecule has 0 radical (unpaired) electrons. The van der Waals surface area contributed by atoms with E-state index < -0.39 is 17.4 Å². The molecule has 0 aliphatic rings. The monoisotopic (exact) mass is 354 g/mol. The van der Waals surface area contributed by atoms with Crippen molar-refractivity contribution in [2.24, 2.45) is 0 Å². The highest BCUT2D eigenvalue weighted by Crippen LogP contribution is 2.27. The van der Waals surface area contributed by atoms with Gasteiger partial charge in [0.15, 0.2) is 5.78 Å². The second-order valence-corrected chi connectivity index (χ2v) is 5.34.